The third-order valence-electron chi connectivity index (χ3n) is 3.23. The van der Waals surface area contributed by atoms with Gasteiger partial charge in [-0.2, -0.15) is 0 Å². The summed E-state index contributed by atoms with van der Waals surface area (Å²) < 4.78 is 12.8. The Morgan fingerprint density at radius 3 is 2.58 bits per heavy atom. The fraction of sp³-hybridized carbons (Fsp3) is 0.538. The SMILES string of the molecule is Cl.Cl.OCCC1CNCCN1Cc1ccc(F)cc1. The summed E-state index contributed by atoms with van der Waals surface area (Å²) in [7, 11) is 0. The van der Waals surface area contributed by atoms with Gasteiger partial charge in [-0.3, -0.25) is 4.90 Å². The number of rotatable bonds is 4. The lowest BCUT2D eigenvalue weighted by molar-refractivity contribution is 0.123. The number of piperazine rings is 1. The highest BCUT2D eigenvalue weighted by molar-refractivity contribution is 5.85. The van der Waals surface area contributed by atoms with Crippen LogP contribution in [-0.4, -0.2) is 42.3 Å². The van der Waals surface area contributed by atoms with Crippen molar-refractivity contribution >= 4 is 24.8 Å². The average Bonchev–Trinajstić information content (AvgIpc) is 2.35. The molecule has 1 aliphatic rings. The monoisotopic (exact) mass is 310 g/mol. The van der Waals surface area contributed by atoms with E-state index in [1.54, 1.807) is 0 Å². The minimum absolute atomic E-state index is 0. The zero-order chi connectivity index (χ0) is 12.1. The van der Waals surface area contributed by atoms with Gasteiger partial charge in [-0.05, 0) is 24.1 Å². The van der Waals surface area contributed by atoms with Gasteiger partial charge >= 0.3 is 0 Å². The van der Waals surface area contributed by atoms with Crippen molar-refractivity contribution in [2.45, 2.75) is 19.0 Å². The van der Waals surface area contributed by atoms with Crippen molar-refractivity contribution in [2.24, 2.45) is 0 Å². The average molecular weight is 311 g/mol. The van der Waals surface area contributed by atoms with E-state index in [1.165, 1.54) is 12.1 Å². The van der Waals surface area contributed by atoms with Gasteiger partial charge in [0.2, 0.25) is 0 Å². The normalized spacial score (nSPS) is 19.4. The molecule has 0 spiro atoms. The predicted molar refractivity (Wildman–Crippen MR) is 79.7 cm³/mol. The van der Waals surface area contributed by atoms with Crippen molar-refractivity contribution in [3.05, 3.63) is 35.6 Å². The van der Waals surface area contributed by atoms with Crippen LogP contribution in [0.25, 0.3) is 0 Å². The Bertz CT molecular complexity index is 349. The number of hydrogen-bond donors (Lipinski definition) is 2. The smallest absolute Gasteiger partial charge is 0.123 e. The second-order valence-corrected chi connectivity index (χ2v) is 4.47. The Balaban J connectivity index is 0.00000162. The number of nitrogens with zero attached hydrogens (tertiary/aromatic N) is 1. The molecule has 1 unspecified atom stereocenters. The topological polar surface area (TPSA) is 35.5 Å². The molecule has 2 N–H and O–H groups in total. The third kappa shape index (κ3) is 5.63. The van der Waals surface area contributed by atoms with Crippen LogP contribution < -0.4 is 5.32 Å². The summed E-state index contributed by atoms with van der Waals surface area (Å²) in [6.07, 6.45) is 0.786. The quantitative estimate of drug-likeness (QED) is 0.890. The summed E-state index contributed by atoms with van der Waals surface area (Å²) in [5, 5.41) is 12.4. The first-order valence-electron chi connectivity index (χ1n) is 6.09. The maximum absolute atomic E-state index is 12.8. The van der Waals surface area contributed by atoms with E-state index in [0.717, 1.165) is 38.2 Å². The third-order valence-corrected chi connectivity index (χ3v) is 3.23. The van der Waals surface area contributed by atoms with Crippen LogP contribution in [-0.2, 0) is 6.54 Å². The second kappa shape index (κ2) is 9.50. The van der Waals surface area contributed by atoms with Crippen molar-refractivity contribution in [1.82, 2.24) is 10.2 Å². The molecule has 3 nitrogen and oxygen atoms in total. The minimum Gasteiger partial charge on any atom is -0.396 e. The molecular formula is C13H21Cl2FN2O. The summed E-state index contributed by atoms with van der Waals surface area (Å²) in [5.41, 5.74) is 1.12. The van der Waals surface area contributed by atoms with Crippen molar-refractivity contribution in [1.29, 1.82) is 0 Å². The van der Waals surface area contributed by atoms with E-state index in [4.69, 9.17) is 5.11 Å². The van der Waals surface area contributed by atoms with E-state index in [1.807, 2.05) is 12.1 Å². The molecular weight excluding hydrogens is 290 g/mol. The van der Waals surface area contributed by atoms with E-state index in [-0.39, 0.29) is 37.2 Å². The maximum Gasteiger partial charge on any atom is 0.123 e. The molecule has 1 fully saturated rings. The zero-order valence-electron chi connectivity index (χ0n) is 10.7. The van der Waals surface area contributed by atoms with Crippen LogP contribution in [0, 0.1) is 5.82 Å². The van der Waals surface area contributed by atoms with Gasteiger partial charge in [0.1, 0.15) is 5.82 Å². The van der Waals surface area contributed by atoms with Crippen LogP contribution in [0.2, 0.25) is 0 Å². The molecule has 2 rings (SSSR count). The van der Waals surface area contributed by atoms with E-state index in [0.29, 0.717) is 6.04 Å². The standard InChI is InChI=1S/C13H19FN2O.2ClH/c14-12-3-1-11(2-4-12)10-16-7-6-15-9-13(16)5-8-17;;/h1-4,13,15,17H,5-10H2;2*1H. The Morgan fingerprint density at radius 2 is 1.95 bits per heavy atom. The second-order valence-electron chi connectivity index (χ2n) is 4.47. The molecule has 6 heteroatoms. The van der Waals surface area contributed by atoms with Gasteiger partial charge in [0.15, 0.2) is 0 Å². The van der Waals surface area contributed by atoms with Crippen molar-refractivity contribution in [3.8, 4) is 0 Å². The Hall–Kier alpha value is -0.390. The van der Waals surface area contributed by atoms with Gasteiger partial charge in [0.25, 0.3) is 0 Å². The largest absolute Gasteiger partial charge is 0.396 e. The van der Waals surface area contributed by atoms with Crippen LogP contribution in [0.3, 0.4) is 0 Å². The lowest BCUT2D eigenvalue weighted by atomic mass is 10.1. The van der Waals surface area contributed by atoms with Crippen LogP contribution in [0.15, 0.2) is 24.3 Å². The van der Waals surface area contributed by atoms with Crippen LogP contribution in [0.5, 0.6) is 0 Å². The summed E-state index contributed by atoms with van der Waals surface area (Å²) in [5.74, 6) is -0.194. The molecule has 1 saturated heterocycles. The molecule has 0 saturated carbocycles. The highest BCUT2D eigenvalue weighted by atomic mass is 35.5. The zero-order valence-corrected chi connectivity index (χ0v) is 12.4. The molecule has 19 heavy (non-hydrogen) atoms. The van der Waals surface area contributed by atoms with Gasteiger partial charge in [0, 0.05) is 38.8 Å². The van der Waals surface area contributed by atoms with Gasteiger partial charge in [-0.15, -0.1) is 24.8 Å². The lowest BCUT2D eigenvalue weighted by Gasteiger charge is -2.36. The number of aliphatic hydroxyl groups excluding tert-OH is 1. The van der Waals surface area contributed by atoms with Crippen molar-refractivity contribution in [2.75, 3.05) is 26.2 Å². The van der Waals surface area contributed by atoms with Gasteiger partial charge in [-0.1, -0.05) is 12.1 Å². The summed E-state index contributed by atoms with van der Waals surface area (Å²) >= 11 is 0. The summed E-state index contributed by atoms with van der Waals surface area (Å²) in [6, 6.07) is 7.02. The predicted octanol–water partition coefficient (Wildman–Crippen LogP) is 1.83. The molecule has 0 amide bonds. The van der Waals surface area contributed by atoms with Crippen LogP contribution >= 0.6 is 24.8 Å². The molecule has 0 radical (unpaired) electrons. The van der Waals surface area contributed by atoms with E-state index in [2.05, 4.69) is 10.2 Å². The number of aliphatic hydroxyl groups is 1. The first-order valence-corrected chi connectivity index (χ1v) is 6.09. The maximum atomic E-state index is 12.8. The fourth-order valence-electron chi connectivity index (χ4n) is 2.27. The molecule has 110 valence electrons. The summed E-state index contributed by atoms with van der Waals surface area (Å²) in [4.78, 5) is 2.35. The highest BCUT2D eigenvalue weighted by Gasteiger charge is 2.21. The Labute approximate surface area is 126 Å². The van der Waals surface area contributed by atoms with Gasteiger partial charge in [0.05, 0.1) is 0 Å². The van der Waals surface area contributed by atoms with Crippen LogP contribution in [0.4, 0.5) is 4.39 Å². The van der Waals surface area contributed by atoms with Gasteiger partial charge in [-0.25, -0.2) is 4.39 Å². The number of benzene rings is 1. The van der Waals surface area contributed by atoms with Crippen LogP contribution in [0.1, 0.15) is 12.0 Å². The van der Waals surface area contributed by atoms with E-state index in [9.17, 15) is 4.39 Å². The first kappa shape index (κ1) is 18.6. The van der Waals surface area contributed by atoms with E-state index >= 15 is 0 Å². The molecule has 0 aromatic heterocycles. The Morgan fingerprint density at radius 1 is 1.26 bits per heavy atom. The molecule has 1 aromatic rings. The van der Waals surface area contributed by atoms with E-state index < -0.39 is 0 Å². The number of halogens is 3. The highest BCUT2D eigenvalue weighted by Crippen LogP contribution is 2.13. The van der Waals surface area contributed by atoms with Gasteiger partial charge < -0.3 is 10.4 Å². The summed E-state index contributed by atoms with van der Waals surface area (Å²) in [6.45, 7) is 3.91. The molecule has 0 aliphatic carbocycles. The minimum atomic E-state index is -0.194. The van der Waals surface area contributed by atoms with Crippen molar-refractivity contribution in [3.63, 3.8) is 0 Å². The fourth-order valence-corrected chi connectivity index (χ4v) is 2.27. The first-order chi connectivity index (χ1) is 8.29. The number of nitrogens with one attached hydrogen (secondary N) is 1. The number of hydrogen-bond acceptors (Lipinski definition) is 3. The Kier molecular flexibility index (Phi) is 9.31. The molecule has 1 heterocycles. The molecule has 0 bridgehead atoms. The molecule has 1 aromatic carbocycles. The van der Waals surface area contributed by atoms with Crippen molar-refractivity contribution < 1.29 is 9.50 Å². The molecule has 1 aliphatic heterocycles. The molecule has 1 atom stereocenters. The lowest BCUT2D eigenvalue weighted by Crippen LogP contribution is -2.51.